The standard InChI is InChI=1S/C8H15NO/c1-2-3-8(9)4-6-10-7-5-8/h2H,1,3-7,9H2. The minimum Gasteiger partial charge on any atom is -0.381 e. The molecule has 2 heteroatoms. The van der Waals surface area contributed by atoms with Gasteiger partial charge in [0.05, 0.1) is 0 Å². The molecule has 0 bridgehead atoms. The lowest BCUT2D eigenvalue weighted by molar-refractivity contribution is 0.0543. The van der Waals surface area contributed by atoms with E-state index < -0.39 is 0 Å². The summed E-state index contributed by atoms with van der Waals surface area (Å²) in [6.45, 7) is 5.30. The number of hydrogen-bond acceptors (Lipinski definition) is 2. The molecule has 0 unspecified atom stereocenters. The van der Waals surface area contributed by atoms with Crippen LogP contribution in [0, 0.1) is 0 Å². The third-order valence-corrected chi connectivity index (χ3v) is 2.04. The molecule has 2 N–H and O–H groups in total. The molecule has 0 aromatic carbocycles. The summed E-state index contributed by atoms with van der Waals surface area (Å²) in [6.07, 6.45) is 4.75. The summed E-state index contributed by atoms with van der Waals surface area (Å²) in [7, 11) is 0. The molecule has 58 valence electrons. The van der Waals surface area contributed by atoms with E-state index in [1.807, 2.05) is 6.08 Å². The van der Waals surface area contributed by atoms with Gasteiger partial charge in [0, 0.05) is 18.8 Å². The fourth-order valence-electron chi connectivity index (χ4n) is 1.27. The van der Waals surface area contributed by atoms with Crippen LogP contribution in [0.25, 0.3) is 0 Å². The van der Waals surface area contributed by atoms with Gasteiger partial charge in [0.1, 0.15) is 0 Å². The summed E-state index contributed by atoms with van der Waals surface area (Å²) in [5.74, 6) is 0. The first-order valence-electron chi connectivity index (χ1n) is 3.74. The van der Waals surface area contributed by atoms with Gasteiger partial charge in [0.25, 0.3) is 0 Å². The van der Waals surface area contributed by atoms with Gasteiger partial charge in [0.2, 0.25) is 0 Å². The van der Waals surface area contributed by atoms with Crippen molar-refractivity contribution in [3.8, 4) is 0 Å². The van der Waals surface area contributed by atoms with E-state index >= 15 is 0 Å². The summed E-state index contributed by atoms with van der Waals surface area (Å²) in [6, 6.07) is 0. The Morgan fingerprint density at radius 3 is 2.60 bits per heavy atom. The molecule has 2 nitrogen and oxygen atoms in total. The third-order valence-electron chi connectivity index (χ3n) is 2.04. The summed E-state index contributed by atoms with van der Waals surface area (Å²) >= 11 is 0. The molecule has 0 aromatic heterocycles. The monoisotopic (exact) mass is 141 g/mol. The zero-order chi connectivity index (χ0) is 7.45. The Morgan fingerprint density at radius 1 is 1.50 bits per heavy atom. The van der Waals surface area contributed by atoms with Crippen molar-refractivity contribution in [2.45, 2.75) is 24.8 Å². The Morgan fingerprint density at radius 2 is 2.10 bits per heavy atom. The quantitative estimate of drug-likeness (QED) is 0.584. The van der Waals surface area contributed by atoms with Crippen molar-refractivity contribution in [2.75, 3.05) is 13.2 Å². The molecule has 0 aliphatic carbocycles. The zero-order valence-corrected chi connectivity index (χ0v) is 6.31. The van der Waals surface area contributed by atoms with Crippen LogP contribution < -0.4 is 5.73 Å². The Balaban J connectivity index is 2.39. The molecular weight excluding hydrogens is 126 g/mol. The lowest BCUT2D eigenvalue weighted by Gasteiger charge is -2.32. The van der Waals surface area contributed by atoms with Crippen molar-refractivity contribution in [1.29, 1.82) is 0 Å². The molecule has 0 aromatic rings. The first-order valence-corrected chi connectivity index (χ1v) is 3.74. The van der Waals surface area contributed by atoms with Crippen LogP contribution in [0.3, 0.4) is 0 Å². The highest BCUT2D eigenvalue weighted by Crippen LogP contribution is 2.21. The Hall–Kier alpha value is -0.340. The second-order valence-electron chi connectivity index (χ2n) is 2.97. The highest BCUT2D eigenvalue weighted by atomic mass is 16.5. The first-order chi connectivity index (χ1) is 4.77. The second kappa shape index (κ2) is 3.17. The van der Waals surface area contributed by atoms with E-state index in [4.69, 9.17) is 10.5 Å². The van der Waals surface area contributed by atoms with Crippen LogP contribution >= 0.6 is 0 Å². The molecule has 0 amide bonds. The maximum Gasteiger partial charge on any atom is 0.0483 e. The van der Waals surface area contributed by atoms with Crippen molar-refractivity contribution in [3.05, 3.63) is 12.7 Å². The molecule has 1 saturated heterocycles. The lowest BCUT2D eigenvalue weighted by Crippen LogP contribution is -2.44. The smallest absolute Gasteiger partial charge is 0.0483 e. The molecule has 10 heavy (non-hydrogen) atoms. The van der Waals surface area contributed by atoms with Crippen molar-refractivity contribution < 1.29 is 4.74 Å². The molecule has 0 spiro atoms. The van der Waals surface area contributed by atoms with Gasteiger partial charge in [-0.3, -0.25) is 0 Å². The van der Waals surface area contributed by atoms with Gasteiger partial charge < -0.3 is 10.5 Å². The minimum atomic E-state index is -0.0139. The van der Waals surface area contributed by atoms with Gasteiger partial charge >= 0.3 is 0 Å². The molecule has 0 atom stereocenters. The SMILES string of the molecule is C=CCC1(N)CCOCC1. The number of nitrogens with two attached hydrogens (primary N) is 1. The largest absolute Gasteiger partial charge is 0.381 e. The number of rotatable bonds is 2. The Bertz CT molecular complexity index is 116. The highest BCUT2D eigenvalue weighted by molar-refractivity contribution is 4.92. The highest BCUT2D eigenvalue weighted by Gasteiger charge is 2.25. The van der Waals surface area contributed by atoms with E-state index in [0.717, 1.165) is 32.5 Å². The molecular formula is C8H15NO. The summed E-state index contributed by atoms with van der Waals surface area (Å²) < 4.78 is 5.20. The van der Waals surface area contributed by atoms with Crippen LogP contribution in [0.15, 0.2) is 12.7 Å². The van der Waals surface area contributed by atoms with Crippen LogP contribution in [0.2, 0.25) is 0 Å². The first kappa shape index (κ1) is 7.76. The number of hydrogen-bond donors (Lipinski definition) is 1. The lowest BCUT2D eigenvalue weighted by atomic mass is 9.88. The van der Waals surface area contributed by atoms with Gasteiger partial charge in [-0.1, -0.05) is 6.08 Å². The Labute approximate surface area is 62.1 Å². The van der Waals surface area contributed by atoms with E-state index in [-0.39, 0.29) is 5.54 Å². The van der Waals surface area contributed by atoms with Gasteiger partial charge in [-0.25, -0.2) is 0 Å². The van der Waals surface area contributed by atoms with Crippen LogP contribution in [-0.4, -0.2) is 18.8 Å². The predicted octanol–water partition coefficient (Wildman–Crippen LogP) is 1.07. The third kappa shape index (κ3) is 1.82. The average Bonchev–Trinajstić information content (AvgIpc) is 1.89. The summed E-state index contributed by atoms with van der Waals surface area (Å²) in [4.78, 5) is 0. The van der Waals surface area contributed by atoms with Crippen LogP contribution in [-0.2, 0) is 4.74 Å². The fraction of sp³-hybridized carbons (Fsp3) is 0.750. The molecule has 1 fully saturated rings. The Kier molecular flexibility index (Phi) is 2.46. The molecule has 1 rings (SSSR count). The average molecular weight is 141 g/mol. The number of ether oxygens (including phenoxy) is 1. The van der Waals surface area contributed by atoms with E-state index in [9.17, 15) is 0 Å². The topological polar surface area (TPSA) is 35.2 Å². The summed E-state index contributed by atoms with van der Waals surface area (Å²) in [5, 5.41) is 0. The molecule has 1 heterocycles. The zero-order valence-electron chi connectivity index (χ0n) is 6.31. The van der Waals surface area contributed by atoms with Gasteiger partial charge in [-0.2, -0.15) is 0 Å². The van der Waals surface area contributed by atoms with E-state index in [0.29, 0.717) is 0 Å². The van der Waals surface area contributed by atoms with E-state index in [1.54, 1.807) is 0 Å². The fourth-order valence-corrected chi connectivity index (χ4v) is 1.27. The van der Waals surface area contributed by atoms with Crippen molar-refractivity contribution in [3.63, 3.8) is 0 Å². The maximum absolute atomic E-state index is 6.02. The minimum absolute atomic E-state index is 0.0139. The van der Waals surface area contributed by atoms with Gasteiger partial charge in [-0.15, -0.1) is 6.58 Å². The second-order valence-corrected chi connectivity index (χ2v) is 2.97. The van der Waals surface area contributed by atoms with Gasteiger partial charge in [-0.05, 0) is 19.3 Å². The van der Waals surface area contributed by atoms with Crippen LogP contribution in [0.1, 0.15) is 19.3 Å². The molecule has 1 aliphatic rings. The normalized spacial score (nSPS) is 24.1. The van der Waals surface area contributed by atoms with Gasteiger partial charge in [0.15, 0.2) is 0 Å². The molecule has 1 aliphatic heterocycles. The predicted molar refractivity (Wildman–Crippen MR) is 41.8 cm³/mol. The van der Waals surface area contributed by atoms with Crippen molar-refractivity contribution in [1.82, 2.24) is 0 Å². The van der Waals surface area contributed by atoms with Crippen LogP contribution in [0.5, 0.6) is 0 Å². The maximum atomic E-state index is 6.02. The van der Waals surface area contributed by atoms with Crippen LogP contribution in [0.4, 0.5) is 0 Å². The molecule has 0 saturated carbocycles. The van der Waals surface area contributed by atoms with Crippen molar-refractivity contribution in [2.24, 2.45) is 5.73 Å². The van der Waals surface area contributed by atoms with E-state index in [1.165, 1.54) is 0 Å². The van der Waals surface area contributed by atoms with Crippen molar-refractivity contribution >= 4 is 0 Å². The summed E-state index contributed by atoms with van der Waals surface area (Å²) in [5.41, 5.74) is 6.00. The molecule has 0 radical (unpaired) electrons. The van der Waals surface area contributed by atoms with E-state index in [2.05, 4.69) is 6.58 Å².